The fraction of sp³-hybridized carbons (Fsp3) is 0.389. The Kier molecular flexibility index (Phi) is 5.25. The number of rotatable bonds is 4. The normalized spacial score (nSPS) is 16.9. The van der Waals surface area contributed by atoms with Crippen LogP contribution in [0.3, 0.4) is 0 Å². The molecule has 1 atom stereocenters. The third-order valence-electron chi connectivity index (χ3n) is 4.80. The first kappa shape index (κ1) is 18.7. The van der Waals surface area contributed by atoms with Gasteiger partial charge in [-0.25, -0.2) is 4.68 Å². The number of aliphatic carboxylic acids is 1. The van der Waals surface area contributed by atoms with E-state index >= 15 is 0 Å². The summed E-state index contributed by atoms with van der Waals surface area (Å²) in [6.45, 7) is 4.48. The first-order chi connectivity index (χ1) is 12.3. The van der Waals surface area contributed by atoms with E-state index in [0.717, 1.165) is 17.0 Å². The number of carbonyl (C=O) groups excluding carboxylic acids is 1. The van der Waals surface area contributed by atoms with Crippen LogP contribution in [0.25, 0.3) is 5.69 Å². The number of halogens is 2. The number of aryl methyl sites for hydroxylation is 1. The van der Waals surface area contributed by atoms with Crippen LogP contribution in [0.2, 0.25) is 10.0 Å². The van der Waals surface area contributed by atoms with Crippen LogP contribution in [-0.4, -0.2) is 44.8 Å². The van der Waals surface area contributed by atoms with E-state index in [1.165, 1.54) is 0 Å². The SMILES string of the molecule is Cc1nn(-c2ccc(Cl)cc2Cl)c(C)c1CC(=O)N1CCC(C(=O)O)C1. The zero-order valence-electron chi connectivity index (χ0n) is 14.5. The summed E-state index contributed by atoms with van der Waals surface area (Å²) in [6.07, 6.45) is 0.688. The molecule has 0 aliphatic carbocycles. The molecule has 0 radical (unpaired) electrons. The molecule has 3 rings (SSSR count). The average Bonchev–Trinajstić information content (AvgIpc) is 3.16. The van der Waals surface area contributed by atoms with Crippen molar-refractivity contribution in [3.63, 3.8) is 0 Å². The number of likely N-dealkylation sites (tertiary alicyclic amines) is 1. The molecule has 1 aliphatic rings. The van der Waals surface area contributed by atoms with Gasteiger partial charge in [0.25, 0.3) is 0 Å². The van der Waals surface area contributed by atoms with Crippen LogP contribution in [0.4, 0.5) is 0 Å². The standard InChI is InChI=1S/C18H19Cl2N3O3/c1-10-14(8-17(24)22-6-5-12(9-22)18(25)26)11(2)23(21-10)16-4-3-13(19)7-15(16)20/h3-4,7,12H,5-6,8-9H2,1-2H3,(H,25,26). The van der Waals surface area contributed by atoms with Crippen molar-refractivity contribution in [2.45, 2.75) is 26.7 Å². The van der Waals surface area contributed by atoms with E-state index in [-0.39, 0.29) is 18.9 Å². The van der Waals surface area contributed by atoms with E-state index in [4.69, 9.17) is 28.3 Å². The average molecular weight is 396 g/mol. The van der Waals surface area contributed by atoms with Gasteiger partial charge in [0, 0.05) is 29.4 Å². The van der Waals surface area contributed by atoms with Gasteiger partial charge in [0.15, 0.2) is 0 Å². The Bertz CT molecular complexity index is 879. The summed E-state index contributed by atoms with van der Waals surface area (Å²) in [5.74, 6) is -1.41. The fourth-order valence-corrected chi connectivity index (χ4v) is 3.76. The Morgan fingerprint density at radius 2 is 2.04 bits per heavy atom. The molecule has 2 heterocycles. The van der Waals surface area contributed by atoms with Crippen LogP contribution in [0.5, 0.6) is 0 Å². The lowest BCUT2D eigenvalue weighted by Gasteiger charge is -2.16. The van der Waals surface area contributed by atoms with E-state index in [9.17, 15) is 9.59 Å². The number of hydrogen-bond acceptors (Lipinski definition) is 3. The Morgan fingerprint density at radius 3 is 2.65 bits per heavy atom. The predicted molar refractivity (Wildman–Crippen MR) is 99.1 cm³/mol. The molecule has 1 saturated heterocycles. The van der Waals surface area contributed by atoms with Gasteiger partial charge in [-0.15, -0.1) is 0 Å². The Hall–Kier alpha value is -2.05. The van der Waals surface area contributed by atoms with E-state index in [0.29, 0.717) is 28.7 Å². The maximum absolute atomic E-state index is 12.6. The van der Waals surface area contributed by atoms with Crippen LogP contribution < -0.4 is 0 Å². The Labute approximate surface area is 161 Å². The van der Waals surface area contributed by atoms with Crippen molar-refractivity contribution < 1.29 is 14.7 Å². The third-order valence-corrected chi connectivity index (χ3v) is 5.34. The first-order valence-electron chi connectivity index (χ1n) is 8.29. The van der Waals surface area contributed by atoms with Crippen LogP contribution in [0, 0.1) is 19.8 Å². The quantitative estimate of drug-likeness (QED) is 0.861. The van der Waals surface area contributed by atoms with Gasteiger partial charge in [-0.2, -0.15) is 5.10 Å². The van der Waals surface area contributed by atoms with E-state index in [2.05, 4.69) is 5.10 Å². The molecule has 1 aromatic heterocycles. The summed E-state index contributed by atoms with van der Waals surface area (Å²) in [4.78, 5) is 25.3. The second kappa shape index (κ2) is 7.29. The van der Waals surface area contributed by atoms with Crippen molar-refractivity contribution in [3.05, 3.63) is 45.2 Å². The molecule has 8 heteroatoms. The number of aromatic nitrogens is 2. The van der Waals surface area contributed by atoms with Crippen LogP contribution in [-0.2, 0) is 16.0 Å². The minimum Gasteiger partial charge on any atom is -0.481 e. The number of carboxylic acid groups (broad SMARTS) is 1. The summed E-state index contributed by atoms with van der Waals surface area (Å²) in [5.41, 5.74) is 3.10. The van der Waals surface area contributed by atoms with Gasteiger partial charge < -0.3 is 10.0 Å². The second-order valence-electron chi connectivity index (χ2n) is 6.50. The minimum absolute atomic E-state index is 0.0818. The number of benzene rings is 1. The number of carbonyl (C=O) groups is 2. The van der Waals surface area contributed by atoms with Crippen molar-refractivity contribution in [3.8, 4) is 5.69 Å². The zero-order chi connectivity index (χ0) is 19.0. The smallest absolute Gasteiger partial charge is 0.308 e. The summed E-state index contributed by atoms with van der Waals surface area (Å²) in [7, 11) is 0. The molecule has 1 N–H and O–H groups in total. The maximum Gasteiger partial charge on any atom is 0.308 e. The van der Waals surface area contributed by atoms with Gasteiger partial charge in [0.2, 0.25) is 5.91 Å². The summed E-state index contributed by atoms with van der Waals surface area (Å²) in [5, 5.41) is 14.6. The topological polar surface area (TPSA) is 75.4 Å². The van der Waals surface area contributed by atoms with Crippen molar-refractivity contribution in [1.82, 2.24) is 14.7 Å². The van der Waals surface area contributed by atoms with Crippen LogP contribution in [0.15, 0.2) is 18.2 Å². The van der Waals surface area contributed by atoms with Gasteiger partial charge in [-0.1, -0.05) is 23.2 Å². The van der Waals surface area contributed by atoms with Gasteiger partial charge in [0.1, 0.15) is 0 Å². The molecule has 0 bridgehead atoms. The largest absolute Gasteiger partial charge is 0.481 e. The summed E-state index contributed by atoms with van der Waals surface area (Å²) in [6, 6.07) is 5.17. The van der Waals surface area contributed by atoms with Gasteiger partial charge in [0.05, 0.1) is 28.7 Å². The lowest BCUT2D eigenvalue weighted by Crippen LogP contribution is -2.31. The number of hydrogen-bond donors (Lipinski definition) is 1. The second-order valence-corrected chi connectivity index (χ2v) is 7.34. The number of nitrogens with zero attached hydrogens (tertiary/aromatic N) is 3. The van der Waals surface area contributed by atoms with Crippen molar-refractivity contribution in [2.24, 2.45) is 5.92 Å². The molecule has 138 valence electrons. The van der Waals surface area contributed by atoms with Gasteiger partial charge in [-0.3, -0.25) is 9.59 Å². The highest BCUT2D eigenvalue weighted by Gasteiger charge is 2.31. The molecule has 6 nitrogen and oxygen atoms in total. The van der Waals surface area contributed by atoms with E-state index < -0.39 is 11.9 Å². The summed E-state index contributed by atoms with van der Waals surface area (Å²) >= 11 is 12.2. The molecule has 0 spiro atoms. The zero-order valence-corrected chi connectivity index (χ0v) is 16.0. The Balaban J connectivity index is 1.82. The molecular weight excluding hydrogens is 377 g/mol. The molecule has 1 aromatic carbocycles. The number of amides is 1. The molecule has 1 amide bonds. The van der Waals surface area contributed by atoms with E-state index in [1.54, 1.807) is 27.8 Å². The van der Waals surface area contributed by atoms with Crippen molar-refractivity contribution in [1.29, 1.82) is 0 Å². The highest BCUT2D eigenvalue weighted by Crippen LogP contribution is 2.27. The lowest BCUT2D eigenvalue weighted by molar-refractivity contribution is -0.141. The van der Waals surface area contributed by atoms with Crippen molar-refractivity contribution >= 4 is 35.1 Å². The highest BCUT2D eigenvalue weighted by molar-refractivity contribution is 6.35. The predicted octanol–water partition coefficient (Wildman–Crippen LogP) is 3.27. The van der Waals surface area contributed by atoms with Crippen LogP contribution in [0.1, 0.15) is 23.4 Å². The van der Waals surface area contributed by atoms with E-state index in [1.807, 2.05) is 13.8 Å². The third kappa shape index (κ3) is 3.57. The van der Waals surface area contributed by atoms with Crippen LogP contribution >= 0.6 is 23.2 Å². The highest BCUT2D eigenvalue weighted by atomic mass is 35.5. The molecule has 0 saturated carbocycles. The molecule has 26 heavy (non-hydrogen) atoms. The monoisotopic (exact) mass is 395 g/mol. The Morgan fingerprint density at radius 1 is 1.31 bits per heavy atom. The summed E-state index contributed by atoms with van der Waals surface area (Å²) < 4.78 is 1.71. The molecule has 1 aliphatic heterocycles. The molecule has 1 unspecified atom stereocenters. The lowest BCUT2D eigenvalue weighted by atomic mass is 10.1. The molecular formula is C18H19Cl2N3O3. The van der Waals surface area contributed by atoms with Gasteiger partial charge >= 0.3 is 5.97 Å². The van der Waals surface area contributed by atoms with Crippen molar-refractivity contribution in [2.75, 3.05) is 13.1 Å². The fourth-order valence-electron chi connectivity index (χ4n) is 3.27. The molecule has 2 aromatic rings. The number of carboxylic acids is 1. The molecule has 1 fully saturated rings. The maximum atomic E-state index is 12.6. The van der Waals surface area contributed by atoms with Gasteiger partial charge in [-0.05, 0) is 38.5 Å². The first-order valence-corrected chi connectivity index (χ1v) is 9.04. The minimum atomic E-state index is -0.849.